The first-order valence-electron chi connectivity index (χ1n) is 15.5. The number of morpholine rings is 2. The fourth-order valence-electron chi connectivity index (χ4n) is 6.72. The zero-order valence-electron chi connectivity index (χ0n) is 25.3. The third kappa shape index (κ3) is 5.77. The van der Waals surface area contributed by atoms with Crippen LogP contribution in [0.2, 0.25) is 0 Å². The van der Waals surface area contributed by atoms with E-state index in [4.69, 9.17) is 29.2 Å². The number of aryl methyl sites for hydroxylation is 1. The molecule has 4 aromatic rings. The number of benzene rings is 2. The molecule has 2 aromatic heterocycles. The lowest BCUT2D eigenvalue weighted by molar-refractivity contribution is -0.00570. The maximum absolute atomic E-state index is 5.99. The predicted octanol–water partition coefficient (Wildman–Crippen LogP) is 4.93. The SMILES string of the molecule is COc1ccc(-c2ccc3c(N4CCOCC4)nc(N4C[C@@H](C)O[C@@H](C)C4)nc3n2)cc1CNC1CCc2ccccc21. The van der Waals surface area contributed by atoms with Gasteiger partial charge >= 0.3 is 0 Å². The molecular formula is C34H40N6O3. The highest BCUT2D eigenvalue weighted by Crippen LogP contribution is 2.34. The lowest BCUT2D eigenvalue weighted by atomic mass is 10.0. The van der Waals surface area contributed by atoms with E-state index in [0.29, 0.717) is 37.4 Å². The van der Waals surface area contributed by atoms with Crippen LogP contribution in [0.15, 0.2) is 54.6 Å². The number of hydrogen-bond acceptors (Lipinski definition) is 9. The molecule has 4 heterocycles. The Kier molecular flexibility index (Phi) is 7.86. The number of rotatable bonds is 7. The quantitative estimate of drug-likeness (QED) is 0.327. The molecule has 2 saturated heterocycles. The van der Waals surface area contributed by atoms with Gasteiger partial charge in [-0.25, -0.2) is 4.98 Å². The molecule has 0 amide bonds. The van der Waals surface area contributed by atoms with Crippen molar-refractivity contribution < 1.29 is 14.2 Å². The van der Waals surface area contributed by atoms with Gasteiger partial charge < -0.3 is 29.3 Å². The van der Waals surface area contributed by atoms with Gasteiger partial charge in [0.2, 0.25) is 5.95 Å². The standard InChI is InChI=1S/C34H40N6O3/c1-22-20-40(21-23(2)43-22)34-37-32-28(33(38-34)39-14-16-42-17-15-39)10-12-29(36-32)25-9-13-31(41-3)26(18-25)19-35-30-11-8-24-6-4-5-7-27(24)30/h4-7,9-10,12-13,18,22-23,30,35H,8,11,14-17,19-21H2,1-3H3/t22-,23+,30?. The van der Waals surface area contributed by atoms with Gasteiger partial charge in [-0.05, 0) is 68.1 Å². The highest BCUT2D eigenvalue weighted by atomic mass is 16.5. The van der Waals surface area contributed by atoms with Crippen LogP contribution in [-0.4, -0.2) is 73.7 Å². The van der Waals surface area contributed by atoms with Crippen LogP contribution in [-0.2, 0) is 22.4 Å². The maximum atomic E-state index is 5.99. The molecule has 3 aliphatic rings. The van der Waals surface area contributed by atoms with Gasteiger partial charge in [0.1, 0.15) is 11.6 Å². The van der Waals surface area contributed by atoms with Crippen LogP contribution in [0.3, 0.4) is 0 Å². The second-order valence-corrected chi connectivity index (χ2v) is 11.9. The molecule has 3 atom stereocenters. The molecule has 0 spiro atoms. The van der Waals surface area contributed by atoms with Crippen molar-refractivity contribution in [1.29, 1.82) is 0 Å². The number of pyridine rings is 1. The van der Waals surface area contributed by atoms with E-state index in [1.54, 1.807) is 7.11 Å². The minimum absolute atomic E-state index is 0.109. The Hall–Kier alpha value is -3.79. The van der Waals surface area contributed by atoms with Gasteiger partial charge in [-0.1, -0.05) is 24.3 Å². The molecule has 7 rings (SSSR count). The molecule has 2 aromatic carbocycles. The van der Waals surface area contributed by atoms with E-state index in [1.165, 1.54) is 11.1 Å². The first-order valence-corrected chi connectivity index (χ1v) is 15.5. The minimum Gasteiger partial charge on any atom is -0.496 e. The molecule has 224 valence electrons. The molecule has 0 bridgehead atoms. The van der Waals surface area contributed by atoms with E-state index in [9.17, 15) is 0 Å². The van der Waals surface area contributed by atoms with Crippen LogP contribution < -0.4 is 19.9 Å². The van der Waals surface area contributed by atoms with Gasteiger partial charge in [0.15, 0.2) is 5.65 Å². The van der Waals surface area contributed by atoms with Crippen molar-refractivity contribution >= 4 is 22.8 Å². The van der Waals surface area contributed by atoms with Crippen LogP contribution >= 0.6 is 0 Å². The third-order valence-electron chi connectivity index (χ3n) is 8.79. The van der Waals surface area contributed by atoms with Crippen molar-refractivity contribution in [1.82, 2.24) is 20.3 Å². The van der Waals surface area contributed by atoms with E-state index in [-0.39, 0.29) is 12.2 Å². The number of fused-ring (bicyclic) bond motifs is 2. The summed E-state index contributed by atoms with van der Waals surface area (Å²) in [6.45, 7) is 9.38. The molecule has 2 fully saturated rings. The van der Waals surface area contributed by atoms with Gasteiger partial charge in [-0.15, -0.1) is 0 Å². The number of ether oxygens (including phenoxy) is 3. The van der Waals surface area contributed by atoms with Gasteiger partial charge in [0.25, 0.3) is 0 Å². The van der Waals surface area contributed by atoms with Crippen LogP contribution in [0.25, 0.3) is 22.3 Å². The lowest BCUT2D eigenvalue weighted by Gasteiger charge is -2.36. The van der Waals surface area contributed by atoms with Gasteiger partial charge in [-0.3, -0.25) is 0 Å². The number of nitrogens with one attached hydrogen (secondary N) is 1. The maximum Gasteiger partial charge on any atom is 0.229 e. The topological polar surface area (TPSA) is 84.9 Å². The highest BCUT2D eigenvalue weighted by Gasteiger charge is 2.27. The van der Waals surface area contributed by atoms with Crippen molar-refractivity contribution in [3.8, 4) is 17.0 Å². The van der Waals surface area contributed by atoms with E-state index in [2.05, 4.69) is 77.5 Å². The summed E-state index contributed by atoms with van der Waals surface area (Å²) in [4.78, 5) is 19.8. The summed E-state index contributed by atoms with van der Waals surface area (Å²) in [5.74, 6) is 2.50. The van der Waals surface area contributed by atoms with E-state index in [0.717, 1.165) is 72.8 Å². The number of nitrogens with zero attached hydrogens (tertiary/aromatic N) is 5. The predicted molar refractivity (Wildman–Crippen MR) is 169 cm³/mol. The van der Waals surface area contributed by atoms with E-state index in [1.807, 2.05) is 6.07 Å². The lowest BCUT2D eigenvalue weighted by Crippen LogP contribution is -2.46. The Bertz CT molecular complexity index is 1600. The van der Waals surface area contributed by atoms with Crippen molar-refractivity contribution in [3.63, 3.8) is 0 Å². The second kappa shape index (κ2) is 12.1. The number of aromatic nitrogens is 3. The van der Waals surface area contributed by atoms with Crippen LogP contribution in [0.5, 0.6) is 5.75 Å². The molecule has 0 saturated carbocycles. The monoisotopic (exact) mass is 580 g/mol. The molecule has 1 unspecified atom stereocenters. The molecular weight excluding hydrogens is 540 g/mol. The largest absolute Gasteiger partial charge is 0.496 e. The Morgan fingerprint density at radius 2 is 1.74 bits per heavy atom. The zero-order chi connectivity index (χ0) is 29.3. The van der Waals surface area contributed by atoms with Crippen molar-refractivity contribution in [2.24, 2.45) is 0 Å². The first-order chi connectivity index (χ1) is 21.1. The number of methoxy groups -OCH3 is 1. The number of anilines is 2. The van der Waals surface area contributed by atoms with Gasteiger partial charge in [0, 0.05) is 49.9 Å². The van der Waals surface area contributed by atoms with Crippen molar-refractivity contribution in [2.45, 2.75) is 51.5 Å². The van der Waals surface area contributed by atoms with E-state index >= 15 is 0 Å². The molecule has 1 N–H and O–H groups in total. The average Bonchev–Trinajstić information content (AvgIpc) is 3.46. The summed E-state index contributed by atoms with van der Waals surface area (Å²) >= 11 is 0. The van der Waals surface area contributed by atoms with Crippen molar-refractivity contribution in [3.05, 3.63) is 71.3 Å². The van der Waals surface area contributed by atoms with Crippen LogP contribution in [0.4, 0.5) is 11.8 Å². The normalized spacial score (nSPS) is 22.2. The summed E-state index contributed by atoms with van der Waals surface area (Å²) in [5, 5.41) is 4.74. The van der Waals surface area contributed by atoms with E-state index < -0.39 is 0 Å². The summed E-state index contributed by atoms with van der Waals surface area (Å²) in [6.07, 6.45) is 2.45. The summed E-state index contributed by atoms with van der Waals surface area (Å²) < 4.78 is 17.4. The fourth-order valence-corrected chi connectivity index (χ4v) is 6.72. The average molecular weight is 581 g/mol. The Balaban J connectivity index is 1.22. The molecule has 2 aliphatic heterocycles. The number of hydrogen-bond donors (Lipinski definition) is 1. The van der Waals surface area contributed by atoms with Gasteiger partial charge in [0.05, 0.1) is 43.6 Å². The van der Waals surface area contributed by atoms with Crippen LogP contribution in [0, 0.1) is 0 Å². The Morgan fingerprint density at radius 3 is 2.56 bits per heavy atom. The smallest absolute Gasteiger partial charge is 0.229 e. The summed E-state index contributed by atoms with van der Waals surface area (Å²) in [5.41, 5.74) is 6.58. The summed E-state index contributed by atoms with van der Waals surface area (Å²) in [7, 11) is 1.73. The minimum atomic E-state index is 0.109. The third-order valence-corrected chi connectivity index (χ3v) is 8.79. The molecule has 9 nitrogen and oxygen atoms in total. The van der Waals surface area contributed by atoms with Crippen molar-refractivity contribution in [2.75, 3.05) is 56.3 Å². The highest BCUT2D eigenvalue weighted by molar-refractivity contribution is 5.90. The first kappa shape index (κ1) is 28.0. The molecule has 9 heteroatoms. The second-order valence-electron chi connectivity index (χ2n) is 11.9. The Labute approximate surface area is 253 Å². The summed E-state index contributed by atoms with van der Waals surface area (Å²) in [6, 6.07) is 19.6. The Morgan fingerprint density at radius 1 is 0.930 bits per heavy atom. The zero-order valence-corrected chi connectivity index (χ0v) is 25.3. The molecule has 43 heavy (non-hydrogen) atoms. The fraction of sp³-hybridized carbons (Fsp3) is 0.441. The molecule has 1 aliphatic carbocycles. The van der Waals surface area contributed by atoms with Gasteiger partial charge in [-0.2, -0.15) is 9.97 Å². The molecule has 0 radical (unpaired) electrons. The van der Waals surface area contributed by atoms with Crippen LogP contribution in [0.1, 0.15) is 43.0 Å².